The van der Waals surface area contributed by atoms with Gasteiger partial charge in [0.2, 0.25) is 0 Å². The first-order chi connectivity index (χ1) is 8.68. The fourth-order valence-corrected chi connectivity index (χ4v) is 1.41. The van der Waals surface area contributed by atoms with Gasteiger partial charge in [-0.05, 0) is 12.1 Å². The molecule has 7 heteroatoms. The molecule has 1 aromatic carbocycles. The summed E-state index contributed by atoms with van der Waals surface area (Å²) >= 11 is 0. The van der Waals surface area contributed by atoms with Crippen LogP contribution in [0.25, 0.3) is 0 Å². The maximum atomic E-state index is 13.3. The number of amides is 1. The number of nitrogens with one attached hydrogen (secondary N) is 1. The Hall–Kier alpha value is -2.31. The van der Waals surface area contributed by atoms with E-state index in [9.17, 15) is 13.6 Å². The Morgan fingerprint density at radius 3 is 2.94 bits per heavy atom. The van der Waals surface area contributed by atoms with Gasteiger partial charge in [-0.2, -0.15) is 5.10 Å². The van der Waals surface area contributed by atoms with E-state index in [0.29, 0.717) is 6.54 Å². The molecule has 0 saturated carbocycles. The molecule has 0 aliphatic heterocycles. The van der Waals surface area contributed by atoms with E-state index in [0.717, 1.165) is 6.07 Å². The highest BCUT2D eigenvalue weighted by Crippen LogP contribution is 2.10. The normalized spacial score (nSPS) is 10.3. The summed E-state index contributed by atoms with van der Waals surface area (Å²) in [6.45, 7) is 0.654. The molecule has 0 fully saturated rings. The zero-order valence-electron chi connectivity index (χ0n) is 9.31. The molecule has 0 atom stereocenters. The van der Waals surface area contributed by atoms with Gasteiger partial charge in [0.25, 0.3) is 5.91 Å². The number of carbonyl (C=O) groups excluding carboxylic acids is 1. The number of halogens is 2. The van der Waals surface area contributed by atoms with E-state index in [2.05, 4.69) is 15.4 Å². The molecule has 2 rings (SSSR count). The van der Waals surface area contributed by atoms with Crippen molar-refractivity contribution in [2.45, 2.75) is 6.54 Å². The third kappa shape index (κ3) is 2.68. The van der Waals surface area contributed by atoms with E-state index < -0.39 is 17.5 Å². The van der Waals surface area contributed by atoms with Gasteiger partial charge in [0.05, 0.1) is 12.1 Å². The zero-order valence-corrected chi connectivity index (χ0v) is 9.31. The molecule has 0 bridgehead atoms. The Balaban J connectivity index is 1.93. The van der Waals surface area contributed by atoms with Crippen molar-refractivity contribution in [2.75, 3.05) is 6.54 Å². The molecule has 5 nitrogen and oxygen atoms in total. The minimum Gasteiger partial charge on any atom is -0.350 e. The van der Waals surface area contributed by atoms with Crippen molar-refractivity contribution in [1.29, 1.82) is 0 Å². The lowest BCUT2D eigenvalue weighted by molar-refractivity contribution is 0.0947. The van der Waals surface area contributed by atoms with E-state index in [1.165, 1.54) is 29.5 Å². The summed E-state index contributed by atoms with van der Waals surface area (Å²) in [6.07, 6.45) is 2.86. The minimum absolute atomic E-state index is 0.248. The van der Waals surface area contributed by atoms with Gasteiger partial charge in [0.15, 0.2) is 11.6 Å². The molecule has 2 aromatic rings. The molecule has 0 radical (unpaired) electrons. The van der Waals surface area contributed by atoms with Crippen molar-refractivity contribution in [3.8, 4) is 0 Å². The highest BCUT2D eigenvalue weighted by atomic mass is 19.2. The predicted molar refractivity (Wildman–Crippen MR) is 58.7 cm³/mol. The molecule has 18 heavy (non-hydrogen) atoms. The van der Waals surface area contributed by atoms with Crippen LogP contribution in [0.5, 0.6) is 0 Å². The SMILES string of the molecule is O=C(NCCn1cncn1)c1cccc(F)c1F. The summed E-state index contributed by atoms with van der Waals surface area (Å²) in [7, 11) is 0. The van der Waals surface area contributed by atoms with Crippen molar-refractivity contribution in [3.63, 3.8) is 0 Å². The largest absolute Gasteiger partial charge is 0.350 e. The van der Waals surface area contributed by atoms with E-state index >= 15 is 0 Å². The van der Waals surface area contributed by atoms with Gasteiger partial charge >= 0.3 is 0 Å². The minimum atomic E-state index is -1.14. The Morgan fingerprint density at radius 2 is 2.22 bits per heavy atom. The maximum absolute atomic E-state index is 13.3. The summed E-state index contributed by atoms with van der Waals surface area (Å²) in [5.41, 5.74) is -0.311. The average Bonchev–Trinajstić information content (AvgIpc) is 2.85. The third-order valence-corrected chi connectivity index (χ3v) is 2.29. The molecule has 1 amide bonds. The van der Waals surface area contributed by atoms with Crippen LogP contribution < -0.4 is 5.32 Å². The van der Waals surface area contributed by atoms with Crippen LogP contribution in [0.4, 0.5) is 8.78 Å². The lowest BCUT2D eigenvalue weighted by Crippen LogP contribution is -2.28. The zero-order chi connectivity index (χ0) is 13.0. The van der Waals surface area contributed by atoms with E-state index in [1.807, 2.05) is 0 Å². The van der Waals surface area contributed by atoms with E-state index in [1.54, 1.807) is 0 Å². The van der Waals surface area contributed by atoms with Crippen LogP contribution in [0.1, 0.15) is 10.4 Å². The molecule has 0 unspecified atom stereocenters. The monoisotopic (exact) mass is 252 g/mol. The third-order valence-electron chi connectivity index (χ3n) is 2.29. The van der Waals surface area contributed by atoms with Crippen LogP contribution in [0.2, 0.25) is 0 Å². The molecule has 0 aliphatic carbocycles. The molecular weight excluding hydrogens is 242 g/mol. The number of carbonyl (C=O) groups is 1. The number of hydrogen-bond donors (Lipinski definition) is 1. The van der Waals surface area contributed by atoms with Crippen LogP contribution >= 0.6 is 0 Å². The van der Waals surface area contributed by atoms with Gasteiger partial charge in [-0.15, -0.1) is 0 Å². The fraction of sp³-hybridized carbons (Fsp3) is 0.182. The first kappa shape index (κ1) is 12.2. The molecule has 1 N–H and O–H groups in total. The number of nitrogens with zero attached hydrogens (tertiary/aromatic N) is 3. The summed E-state index contributed by atoms with van der Waals surface area (Å²) in [5, 5.41) is 6.31. The van der Waals surface area contributed by atoms with Gasteiger partial charge in [-0.1, -0.05) is 6.07 Å². The summed E-state index contributed by atoms with van der Waals surface area (Å²) in [4.78, 5) is 15.3. The number of hydrogen-bond acceptors (Lipinski definition) is 3. The summed E-state index contributed by atoms with van der Waals surface area (Å²) in [5.74, 6) is -2.85. The average molecular weight is 252 g/mol. The standard InChI is InChI=1S/C11H10F2N4O/c12-9-3-1-2-8(10(9)13)11(18)15-4-5-17-7-14-6-16-17/h1-3,6-7H,4-5H2,(H,15,18). The second-order valence-electron chi connectivity index (χ2n) is 3.52. The Kier molecular flexibility index (Phi) is 3.61. The van der Waals surface area contributed by atoms with Gasteiger partial charge in [0, 0.05) is 6.54 Å². The van der Waals surface area contributed by atoms with E-state index in [4.69, 9.17) is 0 Å². The second-order valence-corrected chi connectivity index (χ2v) is 3.52. The van der Waals surface area contributed by atoms with Gasteiger partial charge in [-0.25, -0.2) is 13.8 Å². The van der Waals surface area contributed by atoms with Crippen molar-refractivity contribution in [2.24, 2.45) is 0 Å². The van der Waals surface area contributed by atoms with E-state index in [-0.39, 0.29) is 12.1 Å². The van der Waals surface area contributed by atoms with Gasteiger partial charge in [-0.3, -0.25) is 9.48 Å². The molecule has 94 valence electrons. The second kappa shape index (κ2) is 5.35. The van der Waals surface area contributed by atoms with Crippen molar-refractivity contribution in [3.05, 3.63) is 48.1 Å². The van der Waals surface area contributed by atoms with Crippen LogP contribution in [0.3, 0.4) is 0 Å². The van der Waals surface area contributed by atoms with Crippen LogP contribution in [0.15, 0.2) is 30.9 Å². The van der Waals surface area contributed by atoms with Crippen LogP contribution in [-0.4, -0.2) is 27.2 Å². The first-order valence-electron chi connectivity index (χ1n) is 5.23. The molecule has 0 spiro atoms. The highest BCUT2D eigenvalue weighted by molar-refractivity contribution is 5.94. The molecule has 1 heterocycles. The van der Waals surface area contributed by atoms with Crippen molar-refractivity contribution in [1.82, 2.24) is 20.1 Å². The number of aromatic nitrogens is 3. The van der Waals surface area contributed by atoms with Gasteiger partial charge < -0.3 is 5.32 Å². The Bertz CT molecular complexity index is 542. The Labute approximate surface area is 101 Å². The smallest absolute Gasteiger partial charge is 0.254 e. The first-order valence-corrected chi connectivity index (χ1v) is 5.23. The van der Waals surface area contributed by atoms with Crippen LogP contribution in [0, 0.1) is 11.6 Å². The number of rotatable bonds is 4. The molecular formula is C11H10F2N4O. The van der Waals surface area contributed by atoms with Crippen LogP contribution in [-0.2, 0) is 6.54 Å². The maximum Gasteiger partial charge on any atom is 0.254 e. The Morgan fingerprint density at radius 1 is 1.39 bits per heavy atom. The summed E-state index contributed by atoms with van der Waals surface area (Å²) in [6, 6.07) is 3.47. The quantitative estimate of drug-likeness (QED) is 0.882. The van der Waals surface area contributed by atoms with Crippen molar-refractivity contribution < 1.29 is 13.6 Å². The van der Waals surface area contributed by atoms with Gasteiger partial charge in [0.1, 0.15) is 12.7 Å². The highest BCUT2D eigenvalue weighted by Gasteiger charge is 2.14. The lowest BCUT2D eigenvalue weighted by atomic mass is 10.2. The lowest BCUT2D eigenvalue weighted by Gasteiger charge is -2.06. The summed E-state index contributed by atoms with van der Waals surface area (Å²) < 4.78 is 27.7. The molecule has 0 saturated heterocycles. The topological polar surface area (TPSA) is 59.8 Å². The predicted octanol–water partition coefficient (Wildman–Crippen LogP) is 0.986. The van der Waals surface area contributed by atoms with Crippen molar-refractivity contribution >= 4 is 5.91 Å². The molecule has 1 aromatic heterocycles. The fourth-order valence-electron chi connectivity index (χ4n) is 1.41. The molecule has 0 aliphatic rings. The number of benzene rings is 1.